The summed E-state index contributed by atoms with van der Waals surface area (Å²) in [7, 11) is 0. The van der Waals surface area contributed by atoms with Crippen LogP contribution in [0.3, 0.4) is 0 Å². The maximum Gasteiger partial charge on any atom is 0.252 e. The van der Waals surface area contributed by atoms with Crippen molar-refractivity contribution < 1.29 is 9.18 Å². The molecule has 1 atom stereocenters. The van der Waals surface area contributed by atoms with Crippen LogP contribution in [0.15, 0.2) is 35.0 Å². The first kappa shape index (κ1) is 14.6. The van der Waals surface area contributed by atoms with E-state index in [1.165, 1.54) is 23.5 Å². The number of nitrogens with zero attached hydrogens (tertiary/aromatic N) is 3. The minimum atomic E-state index is -0.738. The average molecular weight is 338 g/mol. The van der Waals surface area contributed by atoms with Gasteiger partial charge < -0.3 is 5.32 Å². The summed E-state index contributed by atoms with van der Waals surface area (Å²) in [5.74, 6) is -0.672. The van der Waals surface area contributed by atoms with Crippen molar-refractivity contribution in [3.05, 3.63) is 62.8 Å². The molecular formula is C13H9ClFN5OS. The van der Waals surface area contributed by atoms with Gasteiger partial charge in [-0.25, -0.2) is 4.39 Å². The molecule has 0 fully saturated rings. The van der Waals surface area contributed by atoms with E-state index in [1.807, 2.05) is 0 Å². The molecule has 6 nitrogen and oxygen atoms in total. The monoisotopic (exact) mass is 337 g/mol. The molecule has 0 aliphatic rings. The number of benzene rings is 1. The molecule has 1 aromatic carbocycles. The van der Waals surface area contributed by atoms with E-state index in [0.717, 1.165) is 0 Å². The van der Waals surface area contributed by atoms with Crippen LogP contribution in [-0.4, -0.2) is 26.5 Å². The molecule has 0 saturated carbocycles. The highest BCUT2D eigenvalue weighted by Crippen LogP contribution is 2.23. The first-order valence-electron chi connectivity index (χ1n) is 6.16. The Labute approximate surface area is 133 Å². The molecule has 2 aromatic heterocycles. The third-order valence-electron chi connectivity index (χ3n) is 2.96. The normalized spacial score (nSPS) is 12.1. The lowest BCUT2D eigenvalue weighted by Gasteiger charge is -2.15. The molecule has 2 heterocycles. The Hall–Kier alpha value is -2.32. The second-order valence-electron chi connectivity index (χ2n) is 4.36. The molecular weight excluding hydrogens is 329 g/mol. The summed E-state index contributed by atoms with van der Waals surface area (Å²) < 4.78 is 13.7. The molecule has 0 aliphatic heterocycles. The minimum Gasteiger partial charge on any atom is -0.338 e. The molecule has 0 spiro atoms. The Balaban J connectivity index is 1.94. The van der Waals surface area contributed by atoms with Crippen LogP contribution in [0.25, 0.3) is 0 Å². The molecule has 0 radical (unpaired) electrons. The molecule has 22 heavy (non-hydrogen) atoms. The Morgan fingerprint density at radius 3 is 2.91 bits per heavy atom. The molecule has 0 unspecified atom stereocenters. The topological polar surface area (TPSA) is 83.6 Å². The van der Waals surface area contributed by atoms with Crippen molar-refractivity contribution in [1.82, 2.24) is 25.9 Å². The van der Waals surface area contributed by atoms with Crippen LogP contribution < -0.4 is 5.32 Å². The molecule has 3 rings (SSSR count). The number of carbonyl (C=O) groups excluding carboxylic acids is 1. The summed E-state index contributed by atoms with van der Waals surface area (Å²) in [6.07, 6.45) is 0. The summed E-state index contributed by atoms with van der Waals surface area (Å²) in [5.41, 5.74) is 0.972. The number of halogens is 2. The van der Waals surface area contributed by atoms with Gasteiger partial charge in [-0.15, -0.1) is 10.2 Å². The first-order chi connectivity index (χ1) is 10.6. The van der Waals surface area contributed by atoms with E-state index in [4.69, 9.17) is 11.6 Å². The second kappa shape index (κ2) is 6.20. The zero-order valence-electron chi connectivity index (χ0n) is 11.0. The third-order valence-corrected chi connectivity index (χ3v) is 3.95. The largest absolute Gasteiger partial charge is 0.338 e. The van der Waals surface area contributed by atoms with Crippen molar-refractivity contribution >= 4 is 28.8 Å². The van der Waals surface area contributed by atoms with Gasteiger partial charge in [-0.3, -0.25) is 4.79 Å². The maximum atomic E-state index is 13.7. The third kappa shape index (κ3) is 2.97. The van der Waals surface area contributed by atoms with Crippen molar-refractivity contribution in [3.63, 3.8) is 0 Å². The first-order valence-corrected chi connectivity index (χ1v) is 7.48. The average Bonchev–Trinajstić information content (AvgIpc) is 3.20. The number of rotatable bonds is 4. The smallest absolute Gasteiger partial charge is 0.252 e. The fraction of sp³-hybridized carbons (Fsp3) is 0.0769. The fourth-order valence-electron chi connectivity index (χ4n) is 1.89. The van der Waals surface area contributed by atoms with Gasteiger partial charge in [0.2, 0.25) is 5.82 Å². The minimum absolute atomic E-state index is 0.000210. The van der Waals surface area contributed by atoms with E-state index in [1.54, 1.807) is 22.9 Å². The van der Waals surface area contributed by atoms with Crippen LogP contribution in [0.1, 0.15) is 27.8 Å². The van der Waals surface area contributed by atoms with Crippen molar-refractivity contribution in [2.45, 2.75) is 6.04 Å². The number of carbonyl (C=O) groups is 1. The van der Waals surface area contributed by atoms with Gasteiger partial charge in [0.1, 0.15) is 11.9 Å². The molecule has 1 amide bonds. The molecule has 2 N–H and O–H groups in total. The number of hydrogen-bond donors (Lipinski definition) is 2. The molecule has 9 heteroatoms. The van der Waals surface area contributed by atoms with Crippen LogP contribution in [0.2, 0.25) is 5.02 Å². The van der Waals surface area contributed by atoms with E-state index in [9.17, 15) is 9.18 Å². The maximum absolute atomic E-state index is 13.7. The zero-order valence-corrected chi connectivity index (χ0v) is 12.5. The summed E-state index contributed by atoms with van der Waals surface area (Å²) in [5, 5.41) is 19.8. The van der Waals surface area contributed by atoms with E-state index < -0.39 is 11.9 Å². The Bertz CT molecular complexity index is 778. The number of thiophene rings is 1. The predicted octanol–water partition coefficient (Wildman–Crippen LogP) is 2.57. The lowest BCUT2D eigenvalue weighted by molar-refractivity contribution is 0.0942. The van der Waals surface area contributed by atoms with Gasteiger partial charge >= 0.3 is 0 Å². The number of H-pyrrole nitrogens is 1. The number of aromatic nitrogens is 4. The highest BCUT2D eigenvalue weighted by molar-refractivity contribution is 7.08. The molecule has 112 valence electrons. The highest BCUT2D eigenvalue weighted by Gasteiger charge is 2.22. The lowest BCUT2D eigenvalue weighted by Crippen LogP contribution is -2.30. The summed E-state index contributed by atoms with van der Waals surface area (Å²) in [4.78, 5) is 12.2. The molecule has 3 aromatic rings. The lowest BCUT2D eigenvalue weighted by atomic mass is 10.1. The van der Waals surface area contributed by atoms with Crippen LogP contribution in [-0.2, 0) is 0 Å². The number of tetrazole rings is 1. The van der Waals surface area contributed by atoms with E-state index >= 15 is 0 Å². The summed E-state index contributed by atoms with van der Waals surface area (Å²) in [6, 6.07) is 5.20. The van der Waals surface area contributed by atoms with Gasteiger partial charge in [-0.2, -0.15) is 16.6 Å². The van der Waals surface area contributed by atoms with Gasteiger partial charge in [0.25, 0.3) is 5.91 Å². The Morgan fingerprint density at radius 2 is 2.27 bits per heavy atom. The molecule has 0 aliphatic carbocycles. The summed E-state index contributed by atoms with van der Waals surface area (Å²) >= 11 is 7.09. The summed E-state index contributed by atoms with van der Waals surface area (Å²) in [6.45, 7) is 0. The second-order valence-corrected chi connectivity index (χ2v) is 5.55. The molecule has 0 bridgehead atoms. The number of amides is 1. The van der Waals surface area contributed by atoms with E-state index in [0.29, 0.717) is 11.1 Å². The van der Waals surface area contributed by atoms with Crippen LogP contribution in [0.5, 0.6) is 0 Å². The van der Waals surface area contributed by atoms with Crippen LogP contribution in [0, 0.1) is 5.82 Å². The molecule has 0 saturated heterocycles. The van der Waals surface area contributed by atoms with Gasteiger partial charge in [-0.1, -0.05) is 22.9 Å². The van der Waals surface area contributed by atoms with Crippen molar-refractivity contribution in [2.24, 2.45) is 0 Å². The standard InChI is InChI=1S/C13H9ClFN5OS/c14-9-2-1-7(5-10(9)15)11(12-17-19-20-18-12)16-13(21)8-3-4-22-6-8/h1-6,11H,(H,16,21)(H,17,18,19,20)/t11-/m1/s1. The van der Waals surface area contributed by atoms with Gasteiger partial charge in [0.05, 0.1) is 10.6 Å². The zero-order chi connectivity index (χ0) is 15.5. The van der Waals surface area contributed by atoms with Gasteiger partial charge in [0, 0.05) is 5.38 Å². The van der Waals surface area contributed by atoms with Gasteiger partial charge in [-0.05, 0) is 29.1 Å². The van der Waals surface area contributed by atoms with E-state index in [-0.39, 0.29) is 16.8 Å². The number of hydrogen-bond acceptors (Lipinski definition) is 5. The predicted molar refractivity (Wildman–Crippen MR) is 79.2 cm³/mol. The van der Waals surface area contributed by atoms with E-state index in [2.05, 4.69) is 25.9 Å². The number of aromatic amines is 1. The number of nitrogens with one attached hydrogen (secondary N) is 2. The SMILES string of the molecule is O=C(N[C@H](c1ccc(Cl)c(F)c1)c1nn[nH]n1)c1ccsc1. The van der Waals surface area contributed by atoms with Crippen LogP contribution >= 0.6 is 22.9 Å². The Kier molecular flexibility index (Phi) is 4.12. The van der Waals surface area contributed by atoms with Crippen molar-refractivity contribution in [1.29, 1.82) is 0 Å². The highest BCUT2D eigenvalue weighted by atomic mass is 35.5. The van der Waals surface area contributed by atoms with Crippen LogP contribution in [0.4, 0.5) is 4.39 Å². The Morgan fingerprint density at radius 1 is 1.41 bits per heavy atom. The van der Waals surface area contributed by atoms with Crippen molar-refractivity contribution in [3.8, 4) is 0 Å². The fourth-order valence-corrected chi connectivity index (χ4v) is 2.64. The van der Waals surface area contributed by atoms with Crippen molar-refractivity contribution in [2.75, 3.05) is 0 Å². The van der Waals surface area contributed by atoms with Gasteiger partial charge in [0.15, 0.2) is 0 Å². The quantitative estimate of drug-likeness (QED) is 0.766.